The number of alkyl halides is 3. The Bertz CT molecular complexity index is 820. The lowest BCUT2D eigenvalue weighted by molar-refractivity contribution is -0.142. The van der Waals surface area contributed by atoms with Crippen LogP contribution in [-0.2, 0) is 23.8 Å². The van der Waals surface area contributed by atoms with Gasteiger partial charge in [0, 0.05) is 23.1 Å². The quantitative estimate of drug-likeness (QED) is 0.885. The highest BCUT2D eigenvalue weighted by atomic mass is 19.4. The van der Waals surface area contributed by atoms with Crippen LogP contribution in [0.25, 0.3) is 0 Å². The fourth-order valence-corrected chi connectivity index (χ4v) is 3.34. The van der Waals surface area contributed by atoms with E-state index in [0.717, 1.165) is 12.8 Å². The van der Waals surface area contributed by atoms with Gasteiger partial charge < -0.3 is 9.84 Å². The molecule has 2 aliphatic carbocycles. The van der Waals surface area contributed by atoms with Crippen molar-refractivity contribution in [1.82, 2.24) is 15.4 Å². The molecule has 0 spiro atoms. The number of carbonyl (C=O) groups excluding carboxylic acids is 1. The molecule has 2 N–H and O–H groups in total. The number of aromatic amines is 1. The summed E-state index contributed by atoms with van der Waals surface area (Å²) in [6, 6.07) is 0. The van der Waals surface area contributed by atoms with Gasteiger partial charge in [0.1, 0.15) is 11.4 Å². The number of amides is 1. The topological polar surface area (TPSA) is 83.8 Å². The fourth-order valence-electron chi connectivity index (χ4n) is 3.34. The van der Waals surface area contributed by atoms with Gasteiger partial charge in [-0.1, -0.05) is 5.16 Å². The lowest BCUT2D eigenvalue weighted by atomic mass is 9.85. The maximum Gasteiger partial charge on any atom is 0.435 e. The van der Waals surface area contributed by atoms with E-state index >= 15 is 0 Å². The van der Waals surface area contributed by atoms with Gasteiger partial charge in [-0.3, -0.25) is 9.89 Å². The zero-order chi connectivity index (χ0) is 17.8. The Kier molecular flexibility index (Phi) is 3.62. The molecule has 9 heteroatoms. The first-order valence-electron chi connectivity index (χ1n) is 8.25. The third-order valence-corrected chi connectivity index (χ3v) is 4.87. The summed E-state index contributed by atoms with van der Waals surface area (Å²) in [5, 5.41) is 12.6. The summed E-state index contributed by atoms with van der Waals surface area (Å²) in [4.78, 5) is 12.6. The number of hydrogen-bond acceptors (Lipinski definition) is 4. The maximum atomic E-state index is 13.0. The molecular weight excluding hydrogens is 337 g/mol. The zero-order valence-corrected chi connectivity index (χ0v) is 13.5. The molecule has 134 valence electrons. The molecule has 0 bridgehead atoms. The van der Waals surface area contributed by atoms with Gasteiger partial charge in [0.2, 0.25) is 5.91 Å². The average molecular weight is 354 g/mol. The van der Waals surface area contributed by atoms with Crippen molar-refractivity contribution in [2.75, 3.05) is 5.32 Å². The summed E-state index contributed by atoms with van der Waals surface area (Å²) < 4.78 is 44.4. The van der Waals surface area contributed by atoms with Gasteiger partial charge >= 0.3 is 6.18 Å². The monoisotopic (exact) mass is 354 g/mol. The van der Waals surface area contributed by atoms with Gasteiger partial charge in [0.25, 0.3) is 0 Å². The molecule has 0 radical (unpaired) electrons. The van der Waals surface area contributed by atoms with Crippen molar-refractivity contribution in [2.24, 2.45) is 5.92 Å². The molecule has 6 nitrogen and oxygen atoms in total. The summed E-state index contributed by atoms with van der Waals surface area (Å²) in [5.74, 6) is 0.113. The number of halogens is 3. The van der Waals surface area contributed by atoms with Crippen molar-refractivity contribution in [3.63, 3.8) is 0 Å². The second-order valence-electron chi connectivity index (χ2n) is 6.74. The second-order valence-corrected chi connectivity index (χ2v) is 6.74. The van der Waals surface area contributed by atoms with Gasteiger partial charge in [-0.25, -0.2) is 0 Å². The van der Waals surface area contributed by atoms with Gasteiger partial charge in [-0.15, -0.1) is 0 Å². The number of anilines is 1. The molecular formula is C16H17F3N4O2. The van der Waals surface area contributed by atoms with Crippen molar-refractivity contribution < 1.29 is 22.5 Å². The number of rotatable bonds is 3. The summed E-state index contributed by atoms with van der Waals surface area (Å²) >= 11 is 0. The fraction of sp³-hybridized carbons (Fsp3) is 0.562. The Morgan fingerprint density at radius 1 is 1.32 bits per heavy atom. The molecule has 25 heavy (non-hydrogen) atoms. The van der Waals surface area contributed by atoms with Crippen LogP contribution in [0.5, 0.6) is 0 Å². The molecule has 0 aromatic carbocycles. The van der Waals surface area contributed by atoms with Gasteiger partial charge in [-0.2, -0.15) is 18.3 Å². The highest BCUT2D eigenvalue weighted by Gasteiger charge is 2.41. The number of nitrogens with one attached hydrogen (secondary N) is 2. The molecule has 1 atom stereocenters. The molecule has 2 aromatic rings. The van der Waals surface area contributed by atoms with E-state index in [2.05, 4.69) is 20.7 Å². The summed E-state index contributed by atoms with van der Waals surface area (Å²) in [7, 11) is 0. The Morgan fingerprint density at radius 2 is 2.08 bits per heavy atom. The molecule has 1 amide bonds. The molecule has 2 heterocycles. The second kappa shape index (κ2) is 5.60. The molecule has 1 fully saturated rings. The van der Waals surface area contributed by atoms with Crippen LogP contribution in [-0.4, -0.2) is 21.3 Å². The minimum atomic E-state index is -4.52. The zero-order valence-electron chi connectivity index (χ0n) is 13.5. The van der Waals surface area contributed by atoms with Crippen LogP contribution in [0.15, 0.2) is 4.52 Å². The van der Waals surface area contributed by atoms with E-state index < -0.39 is 17.8 Å². The Hall–Kier alpha value is -2.32. The van der Waals surface area contributed by atoms with E-state index in [1.807, 2.05) is 0 Å². The number of carbonyl (C=O) groups is 1. The summed E-state index contributed by atoms with van der Waals surface area (Å²) in [6.45, 7) is 1.74. The average Bonchev–Trinajstić information content (AvgIpc) is 3.19. The summed E-state index contributed by atoms with van der Waals surface area (Å²) in [5.41, 5.74) is 0.812. The van der Waals surface area contributed by atoms with E-state index in [1.54, 1.807) is 6.92 Å². The molecule has 2 aromatic heterocycles. The smallest absolute Gasteiger partial charge is 0.359 e. The van der Waals surface area contributed by atoms with Crippen LogP contribution in [0.2, 0.25) is 0 Å². The van der Waals surface area contributed by atoms with E-state index in [9.17, 15) is 18.0 Å². The predicted octanol–water partition coefficient (Wildman–Crippen LogP) is 3.35. The molecule has 4 rings (SSSR count). The first kappa shape index (κ1) is 16.2. The normalized spacial score (nSPS) is 20.4. The molecule has 1 unspecified atom stereocenters. The molecule has 2 aliphatic rings. The van der Waals surface area contributed by atoms with E-state index in [1.165, 1.54) is 0 Å². The van der Waals surface area contributed by atoms with Crippen molar-refractivity contribution in [3.8, 4) is 0 Å². The van der Waals surface area contributed by atoms with Crippen LogP contribution in [0.3, 0.4) is 0 Å². The van der Waals surface area contributed by atoms with Gasteiger partial charge in [0.05, 0.1) is 0 Å². The van der Waals surface area contributed by atoms with E-state index in [0.29, 0.717) is 35.7 Å². The first-order valence-corrected chi connectivity index (χ1v) is 8.25. The summed E-state index contributed by atoms with van der Waals surface area (Å²) in [6.07, 6.45) is -1.67. The molecule has 0 aliphatic heterocycles. The lowest BCUT2D eigenvalue weighted by Crippen LogP contribution is -2.29. The standard InChI is InChI=1S/C16H17F3N4O2/c1-7-12(13(25-23-7)8-2-3-8)20-15(24)9-4-5-11-10(6-9)14(22-21-11)16(17,18)19/h8-9H,2-6H2,1H3,(H,20,24)(H,21,22). The minimum absolute atomic E-state index is 0.0234. The highest BCUT2D eigenvalue weighted by molar-refractivity contribution is 5.94. The third-order valence-electron chi connectivity index (χ3n) is 4.87. The van der Waals surface area contributed by atoms with Crippen molar-refractivity contribution >= 4 is 11.6 Å². The van der Waals surface area contributed by atoms with Crippen LogP contribution in [0.4, 0.5) is 18.9 Å². The Balaban J connectivity index is 1.53. The highest BCUT2D eigenvalue weighted by Crippen LogP contribution is 2.44. The Labute approximate surface area is 141 Å². The van der Waals surface area contributed by atoms with Crippen LogP contribution in [0.1, 0.15) is 53.6 Å². The van der Waals surface area contributed by atoms with Crippen molar-refractivity contribution in [2.45, 2.75) is 51.1 Å². The van der Waals surface area contributed by atoms with E-state index in [-0.39, 0.29) is 23.8 Å². The van der Waals surface area contributed by atoms with Crippen LogP contribution >= 0.6 is 0 Å². The largest absolute Gasteiger partial charge is 0.435 e. The number of fused-ring (bicyclic) bond motifs is 1. The lowest BCUT2D eigenvalue weighted by Gasteiger charge is -2.22. The Morgan fingerprint density at radius 3 is 2.76 bits per heavy atom. The maximum absolute atomic E-state index is 13.0. The third kappa shape index (κ3) is 2.91. The van der Waals surface area contributed by atoms with Gasteiger partial charge in [-0.05, 0) is 39.0 Å². The first-order chi connectivity index (χ1) is 11.8. The number of H-pyrrole nitrogens is 1. The SMILES string of the molecule is Cc1noc(C2CC2)c1NC(=O)C1CCc2[nH]nc(C(F)(F)F)c2C1. The van der Waals surface area contributed by atoms with E-state index in [4.69, 9.17) is 4.52 Å². The number of aromatic nitrogens is 3. The van der Waals surface area contributed by atoms with Crippen molar-refractivity contribution in [3.05, 3.63) is 28.4 Å². The van der Waals surface area contributed by atoms with Crippen molar-refractivity contribution in [1.29, 1.82) is 0 Å². The predicted molar refractivity (Wildman–Crippen MR) is 80.9 cm³/mol. The minimum Gasteiger partial charge on any atom is -0.359 e. The molecule has 0 saturated heterocycles. The number of aryl methyl sites for hydroxylation is 2. The van der Waals surface area contributed by atoms with Crippen LogP contribution in [0, 0.1) is 12.8 Å². The van der Waals surface area contributed by atoms with Gasteiger partial charge in [0.15, 0.2) is 11.5 Å². The molecule has 1 saturated carbocycles. The van der Waals surface area contributed by atoms with Crippen LogP contribution < -0.4 is 5.32 Å². The number of hydrogen-bond donors (Lipinski definition) is 2. The number of nitrogens with zero attached hydrogens (tertiary/aromatic N) is 2.